The fourth-order valence-electron chi connectivity index (χ4n) is 2.88. The number of ether oxygens (including phenoxy) is 1. The first-order chi connectivity index (χ1) is 13.1. The molecule has 0 heterocycles. The highest BCUT2D eigenvalue weighted by molar-refractivity contribution is 7.93. The van der Waals surface area contributed by atoms with Crippen molar-refractivity contribution < 1.29 is 32.1 Å². The SMILES string of the molecule is CCCCc1ccccc1OC(CC(P(=O)(O)O)S(=O)(=O)O)c1ccccc1. The van der Waals surface area contributed by atoms with Gasteiger partial charge < -0.3 is 14.5 Å². The van der Waals surface area contributed by atoms with Gasteiger partial charge in [-0.2, -0.15) is 8.42 Å². The molecule has 0 aromatic heterocycles. The van der Waals surface area contributed by atoms with Gasteiger partial charge in [-0.3, -0.25) is 9.12 Å². The van der Waals surface area contributed by atoms with Crippen LogP contribution in [-0.2, 0) is 21.1 Å². The molecule has 2 aromatic rings. The van der Waals surface area contributed by atoms with Crippen LogP contribution >= 0.6 is 7.60 Å². The summed E-state index contributed by atoms with van der Waals surface area (Å²) in [4.78, 5) is 16.7. The van der Waals surface area contributed by atoms with Crippen molar-refractivity contribution in [3.63, 3.8) is 0 Å². The third-order valence-electron chi connectivity index (χ3n) is 4.35. The van der Waals surface area contributed by atoms with Crippen LogP contribution in [0.5, 0.6) is 5.75 Å². The van der Waals surface area contributed by atoms with Crippen LogP contribution in [0.15, 0.2) is 54.6 Å². The monoisotopic (exact) mass is 428 g/mol. The van der Waals surface area contributed by atoms with Crippen molar-refractivity contribution in [1.82, 2.24) is 0 Å². The van der Waals surface area contributed by atoms with Crippen molar-refractivity contribution in [1.29, 1.82) is 0 Å². The van der Waals surface area contributed by atoms with Gasteiger partial charge in [-0.05, 0) is 30.0 Å². The Morgan fingerprint density at radius 3 is 2.21 bits per heavy atom. The zero-order chi connectivity index (χ0) is 20.8. The minimum Gasteiger partial charge on any atom is -0.485 e. The molecule has 2 aromatic carbocycles. The van der Waals surface area contributed by atoms with Gasteiger partial charge in [0.1, 0.15) is 11.9 Å². The van der Waals surface area contributed by atoms with E-state index in [9.17, 15) is 27.3 Å². The molecule has 0 fully saturated rings. The molecule has 0 saturated carbocycles. The number of rotatable bonds is 10. The molecule has 2 unspecified atom stereocenters. The lowest BCUT2D eigenvalue weighted by Crippen LogP contribution is -2.25. The van der Waals surface area contributed by atoms with Crippen LogP contribution in [0, 0.1) is 0 Å². The second-order valence-electron chi connectivity index (χ2n) is 6.52. The lowest BCUT2D eigenvalue weighted by Gasteiger charge is -2.25. The maximum atomic E-state index is 11.7. The Balaban J connectivity index is 2.41. The van der Waals surface area contributed by atoms with Crippen molar-refractivity contribution in [3.05, 3.63) is 65.7 Å². The van der Waals surface area contributed by atoms with Crippen LogP contribution in [0.3, 0.4) is 0 Å². The molecule has 0 saturated heterocycles. The summed E-state index contributed by atoms with van der Waals surface area (Å²) in [6.45, 7) is 2.06. The first kappa shape index (κ1) is 22.6. The Morgan fingerprint density at radius 1 is 1.04 bits per heavy atom. The normalized spacial score (nSPS) is 14.4. The van der Waals surface area contributed by atoms with Crippen molar-refractivity contribution in [3.8, 4) is 5.75 Å². The summed E-state index contributed by atoms with van der Waals surface area (Å²) < 4.78 is 50.3. The van der Waals surface area contributed by atoms with Gasteiger partial charge in [0.25, 0.3) is 10.1 Å². The average molecular weight is 428 g/mol. The molecule has 0 aliphatic rings. The van der Waals surface area contributed by atoms with E-state index < -0.39 is 35.2 Å². The van der Waals surface area contributed by atoms with E-state index >= 15 is 0 Å². The van der Waals surface area contributed by atoms with Crippen molar-refractivity contribution in [2.45, 2.75) is 43.7 Å². The molecule has 0 spiro atoms. The van der Waals surface area contributed by atoms with E-state index in [4.69, 9.17) is 4.74 Å². The van der Waals surface area contributed by atoms with E-state index in [1.54, 1.807) is 42.5 Å². The smallest absolute Gasteiger partial charge is 0.346 e. The van der Waals surface area contributed by atoms with Crippen molar-refractivity contribution in [2.24, 2.45) is 0 Å². The van der Waals surface area contributed by atoms with E-state index in [0.717, 1.165) is 24.8 Å². The Kier molecular flexibility index (Phi) is 7.80. The molecule has 7 nitrogen and oxygen atoms in total. The minimum absolute atomic E-state index is 0.518. The predicted octanol–water partition coefficient (Wildman–Crippen LogP) is 3.93. The zero-order valence-electron chi connectivity index (χ0n) is 15.5. The largest absolute Gasteiger partial charge is 0.485 e. The summed E-state index contributed by atoms with van der Waals surface area (Å²) in [7, 11) is -10.1. The summed E-state index contributed by atoms with van der Waals surface area (Å²) >= 11 is 0. The molecule has 9 heteroatoms. The van der Waals surface area contributed by atoms with Crippen molar-refractivity contribution >= 4 is 17.7 Å². The first-order valence-electron chi connectivity index (χ1n) is 8.94. The predicted molar refractivity (Wildman–Crippen MR) is 107 cm³/mol. The third-order valence-corrected chi connectivity index (χ3v) is 7.81. The van der Waals surface area contributed by atoms with Gasteiger partial charge in [0, 0.05) is 6.42 Å². The highest BCUT2D eigenvalue weighted by atomic mass is 32.2. The third kappa shape index (κ3) is 6.43. The number of unbranched alkanes of at least 4 members (excludes halogenated alkanes) is 1. The number of aryl methyl sites for hydroxylation is 1. The summed E-state index contributed by atoms with van der Waals surface area (Å²) in [5.41, 5.74) is 1.47. The molecule has 0 aliphatic carbocycles. The van der Waals surface area contributed by atoms with Gasteiger partial charge in [-0.25, -0.2) is 0 Å². The van der Waals surface area contributed by atoms with Crippen LogP contribution in [0.4, 0.5) is 0 Å². The Morgan fingerprint density at radius 2 is 1.64 bits per heavy atom. The van der Waals surface area contributed by atoms with E-state index in [-0.39, 0.29) is 0 Å². The highest BCUT2D eigenvalue weighted by Crippen LogP contribution is 2.48. The Labute approximate surface area is 165 Å². The number of hydrogen-bond donors (Lipinski definition) is 3. The van der Waals surface area contributed by atoms with Gasteiger partial charge >= 0.3 is 7.60 Å². The molecule has 0 bridgehead atoms. The second-order valence-corrected chi connectivity index (χ2v) is 10.3. The van der Waals surface area contributed by atoms with Gasteiger partial charge in [0.05, 0.1) is 0 Å². The molecule has 0 amide bonds. The van der Waals surface area contributed by atoms with E-state index in [1.165, 1.54) is 0 Å². The lowest BCUT2D eigenvalue weighted by molar-refractivity contribution is 0.192. The fourth-order valence-corrected chi connectivity index (χ4v) is 5.15. The van der Waals surface area contributed by atoms with Crippen LogP contribution in [0.2, 0.25) is 0 Å². The van der Waals surface area contributed by atoms with Gasteiger partial charge in [0.2, 0.25) is 0 Å². The van der Waals surface area contributed by atoms with E-state index in [2.05, 4.69) is 6.92 Å². The van der Waals surface area contributed by atoms with Crippen LogP contribution in [-0.4, -0.2) is 27.7 Å². The minimum atomic E-state index is -5.12. The Hall–Kier alpha value is -1.70. The maximum absolute atomic E-state index is 11.7. The quantitative estimate of drug-likeness (QED) is 0.387. The number of hydrogen-bond acceptors (Lipinski definition) is 4. The zero-order valence-corrected chi connectivity index (χ0v) is 17.2. The summed E-state index contributed by atoms with van der Waals surface area (Å²) in [5.74, 6) is 0.518. The van der Waals surface area contributed by atoms with E-state index in [0.29, 0.717) is 11.3 Å². The molecule has 154 valence electrons. The Bertz CT molecular complexity index is 909. The number of benzene rings is 2. The van der Waals surface area contributed by atoms with Gasteiger partial charge in [0.15, 0.2) is 4.99 Å². The van der Waals surface area contributed by atoms with Gasteiger partial charge in [-0.1, -0.05) is 61.9 Å². The van der Waals surface area contributed by atoms with Gasteiger partial charge in [-0.15, -0.1) is 0 Å². The molecular weight excluding hydrogens is 403 g/mol. The number of para-hydroxylation sites is 1. The van der Waals surface area contributed by atoms with E-state index in [1.807, 2.05) is 12.1 Å². The molecular formula is C19H25O7PS. The average Bonchev–Trinajstić information content (AvgIpc) is 2.63. The topological polar surface area (TPSA) is 121 Å². The second kappa shape index (κ2) is 9.67. The molecule has 2 atom stereocenters. The summed E-state index contributed by atoms with van der Waals surface area (Å²) in [6.07, 6.45) is 1.12. The van der Waals surface area contributed by atoms with Crippen LogP contribution < -0.4 is 4.74 Å². The van der Waals surface area contributed by atoms with Crippen LogP contribution in [0.25, 0.3) is 0 Å². The summed E-state index contributed by atoms with van der Waals surface area (Å²) in [6, 6.07) is 15.8. The molecule has 0 radical (unpaired) electrons. The van der Waals surface area contributed by atoms with Crippen molar-refractivity contribution in [2.75, 3.05) is 0 Å². The molecule has 0 aliphatic heterocycles. The highest BCUT2D eigenvalue weighted by Gasteiger charge is 2.42. The molecule has 2 rings (SSSR count). The maximum Gasteiger partial charge on any atom is 0.346 e. The standard InChI is InChI=1S/C19H25O7PS/c1-2-3-9-15-12-7-8-13-17(15)26-18(16-10-5-4-6-11-16)14-19(27(20,21)22)28(23,24)25/h4-8,10-13,18-19H,2-3,9,14H2,1H3,(H2,20,21,22)(H,23,24,25). The molecule has 28 heavy (non-hydrogen) atoms. The lowest BCUT2D eigenvalue weighted by atomic mass is 10.1. The fraction of sp³-hybridized carbons (Fsp3) is 0.368. The molecule has 3 N–H and O–H groups in total. The summed E-state index contributed by atoms with van der Waals surface area (Å²) in [5, 5.41) is 0. The first-order valence-corrected chi connectivity index (χ1v) is 12.1. The van der Waals surface area contributed by atoms with Crippen LogP contribution in [0.1, 0.15) is 43.4 Å².